The van der Waals surface area contributed by atoms with E-state index in [1.54, 1.807) is 0 Å². The summed E-state index contributed by atoms with van der Waals surface area (Å²) in [6.45, 7) is 8.34. The van der Waals surface area contributed by atoms with Crippen molar-refractivity contribution in [3.05, 3.63) is 36.4 Å². The summed E-state index contributed by atoms with van der Waals surface area (Å²) in [5.74, 6) is 0.964. The van der Waals surface area contributed by atoms with E-state index in [0.717, 1.165) is 17.7 Å². The molecule has 160 valence electrons. The van der Waals surface area contributed by atoms with E-state index in [1.807, 2.05) is 24.3 Å². The predicted octanol–water partition coefficient (Wildman–Crippen LogP) is 9.36. The van der Waals surface area contributed by atoms with E-state index in [0.29, 0.717) is 0 Å². The average molecular weight is 387 g/mol. The molecule has 0 spiro atoms. The van der Waals surface area contributed by atoms with Crippen molar-refractivity contribution in [2.75, 3.05) is 0 Å². The smallest absolute Gasteiger partial charge is 0.126 e. The number of para-hydroxylation sites is 1. The second-order valence-corrected chi connectivity index (χ2v) is 8.41. The van der Waals surface area contributed by atoms with Crippen molar-refractivity contribution < 1.29 is 4.74 Å². The molecule has 0 aliphatic rings. The van der Waals surface area contributed by atoms with Gasteiger partial charge in [0.15, 0.2) is 0 Å². The van der Waals surface area contributed by atoms with Gasteiger partial charge in [0.1, 0.15) is 5.75 Å². The summed E-state index contributed by atoms with van der Waals surface area (Å²) in [4.78, 5) is 0. The molecule has 1 atom stereocenters. The Morgan fingerprint density at radius 3 is 1.71 bits per heavy atom. The van der Waals surface area contributed by atoms with E-state index in [9.17, 15) is 0 Å². The predicted molar refractivity (Wildman–Crippen MR) is 126 cm³/mol. The first-order valence-electron chi connectivity index (χ1n) is 12.2. The second kappa shape index (κ2) is 17.8. The molecule has 28 heavy (non-hydrogen) atoms. The molecule has 0 aromatic heterocycles. The van der Waals surface area contributed by atoms with Crippen LogP contribution in [0, 0.1) is 0 Å². The van der Waals surface area contributed by atoms with Gasteiger partial charge in [-0.25, -0.2) is 0 Å². The molecule has 0 N–H and O–H groups in total. The third kappa shape index (κ3) is 13.0. The minimum Gasteiger partial charge on any atom is -0.490 e. The third-order valence-corrected chi connectivity index (χ3v) is 5.68. The fourth-order valence-electron chi connectivity index (χ4n) is 3.84. The van der Waals surface area contributed by atoms with Crippen molar-refractivity contribution in [1.29, 1.82) is 0 Å². The highest BCUT2D eigenvalue weighted by Crippen LogP contribution is 2.22. The molecule has 0 fully saturated rings. The second-order valence-electron chi connectivity index (χ2n) is 8.41. The van der Waals surface area contributed by atoms with E-state index >= 15 is 0 Å². The number of benzene rings is 1. The van der Waals surface area contributed by atoms with Gasteiger partial charge >= 0.3 is 0 Å². The van der Waals surface area contributed by atoms with Gasteiger partial charge in [0, 0.05) is 5.56 Å². The summed E-state index contributed by atoms with van der Waals surface area (Å²) >= 11 is 0. The van der Waals surface area contributed by atoms with Gasteiger partial charge in [-0.3, -0.25) is 0 Å². The van der Waals surface area contributed by atoms with E-state index < -0.39 is 0 Å². The SMILES string of the molecule is C=Cc1ccccc1OC(C)CCCCCCCCCCCCCCCCC. The van der Waals surface area contributed by atoms with Crippen LogP contribution in [0.2, 0.25) is 0 Å². The van der Waals surface area contributed by atoms with Crippen LogP contribution < -0.4 is 4.74 Å². The Hall–Kier alpha value is -1.24. The zero-order valence-corrected chi connectivity index (χ0v) is 18.9. The van der Waals surface area contributed by atoms with Crippen LogP contribution in [0.15, 0.2) is 30.8 Å². The van der Waals surface area contributed by atoms with Crippen LogP contribution in [0.3, 0.4) is 0 Å². The van der Waals surface area contributed by atoms with Crippen LogP contribution in [0.25, 0.3) is 6.08 Å². The van der Waals surface area contributed by atoms with Gasteiger partial charge < -0.3 is 4.74 Å². The van der Waals surface area contributed by atoms with Crippen molar-refractivity contribution in [1.82, 2.24) is 0 Å². The van der Waals surface area contributed by atoms with Crippen LogP contribution in [0.4, 0.5) is 0 Å². The minimum absolute atomic E-state index is 0.281. The summed E-state index contributed by atoms with van der Waals surface area (Å²) in [7, 11) is 0. The number of unbranched alkanes of at least 4 members (excludes halogenated alkanes) is 14. The summed E-state index contributed by atoms with van der Waals surface area (Å²) in [6, 6.07) is 8.16. The Morgan fingerprint density at radius 2 is 1.21 bits per heavy atom. The summed E-state index contributed by atoms with van der Waals surface area (Å²) in [5.41, 5.74) is 1.09. The molecule has 0 saturated carbocycles. The first kappa shape index (κ1) is 24.8. The van der Waals surface area contributed by atoms with Crippen LogP contribution in [0.5, 0.6) is 5.75 Å². The zero-order valence-electron chi connectivity index (χ0n) is 18.9. The molecule has 1 aromatic rings. The highest BCUT2D eigenvalue weighted by atomic mass is 16.5. The maximum atomic E-state index is 6.08. The molecular weight excluding hydrogens is 340 g/mol. The highest BCUT2D eigenvalue weighted by molar-refractivity contribution is 5.55. The number of ether oxygens (including phenoxy) is 1. The Kier molecular flexibility index (Phi) is 15.8. The standard InChI is InChI=1S/C27H46O/c1-4-6-7-8-9-10-11-12-13-14-15-16-17-18-19-22-25(3)28-27-24-21-20-23-26(27)5-2/h5,20-21,23-25H,2,4,6-19,22H2,1,3H3. The number of rotatable bonds is 19. The van der Waals surface area contributed by atoms with E-state index in [-0.39, 0.29) is 6.10 Å². The fourth-order valence-corrected chi connectivity index (χ4v) is 3.84. The average Bonchev–Trinajstić information content (AvgIpc) is 2.71. The monoisotopic (exact) mass is 386 g/mol. The zero-order chi connectivity index (χ0) is 20.3. The molecule has 1 heteroatoms. The van der Waals surface area contributed by atoms with Gasteiger partial charge in [-0.1, -0.05) is 128 Å². The molecule has 0 amide bonds. The molecule has 0 heterocycles. The first-order chi connectivity index (χ1) is 13.8. The quantitative estimate of drug-likeness (QED) is 0.215. The van der Waals surface area contributed by atoms with E-state index in [4.69, 9.17) is 4.74 Å². The van der Waals surface area contributed by atoms with Crippen molar-refractivity contribution in [2.45, 2.75) is 123 Å². The number of hydrogen-bond donors (Lipinski definition) is 0. The lowest BCUT2D eigenvalue weighted by atomic mass is 10.0. The van der Waals surface area contributed by atoms with Gasteiger partial charge in [0.05, 0.1) is 6.10 Å². The molecule has 0 saturated heterocycles. The van der Waals surface area contributed by atoms with Gasteiger partial charge in [-0.2, -0.15) is 0 Å². The van der Waals surface area contributed by atoms with Crippen LogP contribution in [0.1, 0.15) is 122 Å². The maximum Gasteiger partial charge on any atom is 0.126 e. The van der Waals surface area contributed by atoms with Crippen molar-refractivity contribution in [3.63, 3.8) is 0 Å². The number of hydrogen-bond acceptors (Lipinski definition) is 1. The van der Waals surface area contributed by atoms with Crippen LogP contribution >= 0.6 is 0 Å². The van der Waals surface area contributed by atoms with Crippen LogP contribution in [-0.2, 0) is 0 Å². The molecule has 1 nitrogen and oxygen atoms in total. The Morgan fingerprint density at radius 1 is 0.750 bits per heavy atom. The molecule has 0 aliphatic carbocycles. The van der Waals surface area contributed by atoms with Gasteiger partial charge in [-0.15, -0.1) is 0 Å². The lowest BCUT2D eigenvalue weighted by Crippen LogP contribution is -2.12. The summed E-state index contributed by atoms with van der Waals surface area (Å²) < 4.78 is 6.08. The lowest BCUT2D eigenvalue weighted by molar-refractivity contribution is 0.206. The van der Waals surface area contributed by atoms with Gasteiger partial charge in [-0.05, 0) is 25.8 Å². The highest BCUT2D eigenvalue weighted by Gasteiger charge is 2.06. The maximum absolute atomic E-state index is 6.08. The largest absolute Gasteiger partial charge is 0.490 e. The molecule has 0 aliphatic heterocycles. The fraction of sp³-hybridized carbons (Fsp3) is 0.704. The lowest BCUT2D eigenvalue weighted by Gasteiger charge is -2.16. The summed E-state index contributed by atoms with van der Waals surface area (Å²) in [5, 5.41) is 0. The Balaban J connectivity index is 1.87. The van der Waals surface area contributed by atoms with Crippen molar-refractivity contribution in [2.24, 2.45) is 0 Å². The Bertz CT molecular complexity index is 479. The van der Waals surface area contributed by atoms with Gasteiger partial charge in [0.2, 0.25) is 0 Å². The summed E-state index contributed by atoms with van der Waals surface area (Å²) in [6.07, 6.45) is 24.5. The van der Waals surface area contributed by atoms with Crippen molar-refractivity contribution >= 4 is 6.08 Å². The topological polar surface area (TPSA) is 9.23 Å². The minimum atomic E-state index is 0.281. The molecular formula is C27H46O. The molecule has 0 bridgehead atoms. The normalized spacial score (nSPS) is 12.1. The van der Waals surface area contributed by atoms with Gasteiger partial charge in [0.25, 0.3) is 0 Å². The van der Waals surface area contributed by atoms with E-state index in [1.165, 1.54) is 96.3 Å². The van der Waals surface area contributed by atoms with E-state index in [2.05, 4.69) is 26.5 Å². The molecule has 1 rings (SSSR count). The van der Waals surface area contributed by atoms with Crippen LogP contribution in [-0.4, -0.2) is 6.10 Å². The van der Waals surface area contributed by atoms with Crippen molar-refractivity contribution in [3.8, 4) is 5.75 Å². The molecule has 0 radical (unpaired) electrons. The molecule has 1 aromatic carbocycles. The first-order valence-corrected chi connectivity index (χ1v) is 12.2. The Labute approximate surface area is 176 Å². The third-order valence-electron chi connectivity index (χ3n) is 5.68. The molecule has 1 unspecified atom stereocenters.